The lowest BCUT2D eigenvalue weighted by Crippen LogP contribution is -2.49. The van der Waals surface area contributed by atoms with Crippen molar-refractivity contribution in [3.8, 4) is 28.7 Å². The summed E-state index contributed by atoms with van der Waals surface area (Å²) in [5, 5.41) is 10.7. The minimum atomic E-state index is -0.328. The van der Waals surface area contributed by atoms with Gasteiger partial charge in [-0.25, -0.2) is 4.98 Å². The first kappa shape index (κ1) is 27.6. The Morgan fingerprint density at radius 3 is 2.55 bits per heavy atom. The maximum Gasteiger partial charge on any atom is 0.224 e. The van der Waals surface area contributed by atoms with E-state index >= 15 is 0 Å². The van der Waals surface area contributed by atoms with Crippen molar-refractivity contribution < 1.29 is 19.0 Å². The number of aromatic hydroxyl groups is 1. The molecule has 1 aliphatic heterocycles. The summed E-state index contributed by atoms with van der Waals surface area (Å²) in [5.74, 6) is 2.23. The zero-order valence-electron chi connectivity index (χ0n) is 23.3. The molecule has 5 rings (SSSR count). The van der Waals surface area contributed by atoms with Gasteiger partial charge < -0.3 is 23.9 Å². The van der Waals surface area contributed by atoms with Crippen molar-refractivity contribution in [2.24, 2.45) is 0 Å². The monoisotopic (exact) mass is 544 g/mol. The molecule has 9 heteroatoms. The first-order valence-corrected chi connectivity index (χ1v) is 13.8. The summed E-state index contributed by atoms with van der Waals surface area (Å²) in [6.45, 7) is 8.49. The van der Waals surface area contributed by atoms with Crippen LogP contribution in [0.15, 0.2) is 63.8 Å². The number of hydrogen-bond donors (Lipinski definition) is 1. The van der Waals surface area contributed by atoms with Crippen LogP contribution in [0.5, 0.6) is 17.4 Å². The normalized spacial score (nSPS) is 14.9. The minimum Gasteiger partial charge on any atom is -0.507 e. The van der Waals surface area contributed by atoms with Gasteiger partial charge in [-0.05, 0) is 13.3 Å². The van der Waals surface area contributed by atoms with Gasteiger partial charge in [0.1, 0.15) is 39.9 Å². The van der Waals surface area contributed by atoms with Crippen LogP contribution in [0.4, 0.5) is 5.82 Å². The first-order valence-electron chi connectivity index (χ1n) is 13.8. The SMILES string of the molecule is CCCCC(CN1CCN(c2cc(Oc3cc(O)c4c(=O)cc(-c5ccccc5)oc4c3)nc(C)n2)CC1)OC. The smallest absolute Gasteiger partial charge is 0.224 e. The quantitative estimate of drug-likeness (QED) is 0.282. The second-order valence-electron chi connectivity index (χ2n) is 10.2. The zero-order valence-corrected chi connectivity index (χ0v) is 23.3. The van der Waals surface area contributed by atoms with Crippen LogP contribution in [-0.4, -0.2) is 65.9 Å². The second kappa shape index (κ2) is 12.5. The minimum absolute atomic E-state index is 0.106. The molecule has 210 valence electrons. The number of phenols is 1. The molecular weight excluding hydrogens is 508 g/mol. The summed E-state index contributed by atoms with van der Waals surface area (Å²) in [7, 11) is 1.80. The van der Waals surface area contributed by atoms with Crippen LogP contribution >= 0.6 is 0 Å². The number of ether oxygens (including phenoxy) is 2. The average Bonchev–Trinajstić information content (AvgIpc) is 2.95. The molecule has 1 unspecified atom stereocenters. The summed E-state index contributed by atoms with van der Waals surface area (Å²) in [6, 6.07) is 15.5. The average molecular weight is 545 g/mol. The number of phenolic OH excluding ortho intramolecular Hbond substituents is 1. The number of anilines is 1. The molecule has 40 heavy (non-hydrogen) atoms. The Kier molecular flexibility index (Phi) is 8.62. The molecule has 0 spiro atoms. The van der Waals surface area contributed by atoms with E-state index in [9.17, 15) is 9.90 Å². The number of hydrogen-bond acceptors (Lipinski definition) is 9. The fourth-order valence-electron chi connectivity index (χ4n) is 5.07. The lowest BCUT2D eigenvalue weighted by Gasteiger charge is -2.36. The van der Waals surface area contributed by atoms with Crippen molar-refractivity contribution in [1.29, 1.82) is 0 Å². The molecule has 1 N–H and O–H groups in total. The van der Waals surface area contributed by atoms with Crippen LogP contribution in [0.1, 0.15) is 32.0 Å². The number of piperazine rings is 1. The third-order valence-corrected chi connectivity index (χ3v) is 7.24. The topological polar surface area (TPSA) is 101 Å². The molecule has 1 saturated heterocycles. The predicted molar refractivity (Wildman–Crippen MR) is 155 cm³/mol. The Bertz CT molecular complexity index is 1500. The zero-order chi connectivity index (χ0) is 28.1. The van der Waals surface area contributed by atoms with Gasteiger partial charge in [0.05, 0.1) is 6.10 Å². The maximum absolute atomic E-state index is 12.8. The van der Waals surface area contributed by atoms with Gasteiger partial charge in [-0.1, -0.05) is 50.1 Å². The number of nitrogens with zero attached hydrogens (tertiary/aromatic N) is 4. The lowest BCUT2D eigenvalue weighted by molar-refractivity contribution is 0.0546. The van der Waals surface area contributed by atoms with E-state index in [0.717, 1.165) is 50.5 Å². The standard InChI is InChI=1S/C31H36N4O5/c1-4-5-11-23(38-3)20-34-12-14-35(15-13-34)29-19-30(33-21(2)32-29)39-24-16-25(36)31-26(37)18-27(40-28(31)17-24)22-9-7-6-8-10-22/h6-10,16-19,23,36H,4-5,11-15,20H2,1-3H3. The fraction of sp³-hybridized carbons (Fsp3) is 0.387. The highest BCUT2D eigenvalue weighted by atomic mass is 16.5. The summed E-state index contributed by atoms with van der Waals surface area (Å²) >= 11 is 0. The van der Waals surface area contributed by atoms with Crippen LogP contribution in [0.2, 0.25) is 0 Å². The van der Waals surface area contributed by atoms with Crippen LogP contribution in [-0.2, 0) is 4.74 Å². The van der Waals surface area contributed by atoms with Crippen molar-refractivity contribution in [2.75, 3.05) is 44.7 Å². The van der Waals surface area contributed by atoms with Gasteiger partial charge in [0.25, 0.3) is 0 Å². The highest BCUT2D eigenvalue weighted by molar-refractivity contribution is 5.86. The Labute approximate surface area is 234 Å². The van der Waals surface area contributed by atoms with E-state index in [0.29, 0.717) is 23.2 Å². The summed E-state index contributed by atoms with van der Waals surface area (Å²) < 4.78 is 17.8. The highest BCUT2D eigenvalue weighted by Crippen LogP contribution is 2.33. The first-order chi connectivity index (χ1) is 19.4. The molecule has 2 aromatic heterocycles. The Hall–Kier alpha value is -3.95. The molecule has 0 bridgehead atoms. The van der Waals surface area contributed by atoms with Crippen molar-refractivity contribution in [3.05, 3.63) is 70.6 Å². The van der Waals surface area contributed by atoms with Gasteiger partial charge >= 0.3 is 0 Å². The Morgan fingerprint density at radius 2 is 1.82 bits per heavy atom. The van der Waals surface area contributed by atoms with Crippen molar-refractivity contribution in [1.82, 2.24) is 14.9 Å². The van der Waals surface area contributed by atoms with E-state index in [-0.39, 0.29) is 28.3 Å². The van der Waals surface area contributed by atoms with Crippen LogP contribution in [0, 0.1) is 6.92 Å². The molecular formula is C31H36N4O5. The number of unbranched alkanes of at least 4 members (excludes halogenated alkanes) is 1. The van der Waals surface area contributed by atoms with Crippen molar-refractivity contribution >= 4 is 16.8 Å². The third-order valence-electron chi connectivity index (χ3n) is 7.24. The number of methoxy groups -OCH3 is 1. The van der Waals surface area contributed by atoms with Gasteiger partial charge in [-0.2, -0.15) is 4.98 Å². The second-order valence-corrected chi connectivity index (χ2v) is 10.2. The van der Waals surface area contributed by atoms with E-state index in [4.69, 9.17) is 13.9 Å². The van der Waals surface area contributed by atoms with E-state index < -0.39 is 0 Å². The molecule has 0 saturated carbocycles. The highest BCUT2D eigenvalue weighted by Gasteiger charge is 2.22. The number of aromatic nitrogens is 2. The third kappa shape index (κ3) is 6.43. The molecule has 1 atom stereocenters. The van der Waals surface area contributed by atoms with Crippen LogP contribution in [0.3, 0.4) is 0 Å². The van der Waals surface area contributed by atoms with Gasteiger partial charge in [-0.15, -0.1) is 0 Å². The van der Waals surface area contributed by atoms with Crippen molar-refractivity contribution in [2.45, 2.75) is 39.2 Å². The Morgan fingerprint density at radius 1 is 1.05 bits per heavy atom. The molecule has 9 nitrogen and oxygen atoms in total. The van der Waals surface area contributed by atoms with E-state index in [1.165, 1.54) is 25.0 Å². The number of fused-ring (bicyclic) bond motifs is 1. The van der Waals surface area contributed by atoms with Crippen molar-refractivity contribution in [3.63, 3.8) is 0 Å². The van der Waals surface area contributed by atoms with E-state index in [1.54, 1.807) is 19.2 Å². The molecule has 1 aliphatic rings. The summed E-state index contributed by atoms with van der Waals surface area (Å²) in [5.41, 5.74) is 0.671. The molecule has 1 fully saturated rings. The molecule has 3 heterocycles. The number of aryl methyl sites for hydroxylation is 1. The van der Waals surface area contributed by atoms with Gasteiger partial charge in [0.15, 0.2) is 5.43 Å². The van der Waals surface area contributed by atoms with Gasteiger partial charge in [0.2, 0.25) is 5.88 Å². The summed E-state index contributed by atoms with van der Waals surface area (Å²) in [6.07, 6.45) is 3.70. The number of rotatable bonds is 10. The van der Waals surface area contributed by atoms with Crippen LogP contribution < -0.4 is 15.1 Å². The summed E-state index contributed by atoms with van der Waals surface area (Å²) in [4.78, 5) is 26.6. The molecule has 0 aliphatic carbocycles. The largest absolute Gasteiger partial charge is 0.507 e. The maximum atomic E-state index is 12.8. The fourth-order valence-corrected chi connectivity index (χ4v) is 5.07. The van der Waals surface area contributed by atoms with Gasteiger partial charge in [-0.3, -0.25) is 9.69 Å². The van der Waals surface area contributed by atoms with E-state index in [1.807, 2.05) is 37.3 Å². The molecule has 2 aromatic carbocycles. The Balaban J connectivity index is 1.32. The molecule has 0 radical (unpaired) electrons. The van der Waals surface area contributed by atoms with E-state index in [2.05, 4.69) is 26.7 Å². The van der Waals surface area contributed by atoms with Crippen LogP contribution in [0.25, 0.3) is 22.3 Å². The van der Waals surface area contributed by atoms with Gasteiger partial charge in [0, 0.05) is 69.7 Å². The number of benzene rings is 2. The predicted octanol–water partition coefficient (Wildman–Crippen LogP) is 5.38. The lowest BCUT2D eigenvalue weighted by atomic mass is 10.1. The molecule has 0 amide bonds. The molecule has 4 aromatic rings.